The Morgan fingerprint density at radius 1 is 0.929 bits per heavy atom. The van der Waals surface area contributed by atoms with Crippen LogP contribution in [0.4, 0.5) is 0 Å². The van der Waals surface area contributed by atoms with Crippen molar-refractivity contribution in [1.29, 1.82) is 0 Å². The molecule has 0 aliphatic carbocycles. The van der Waals surface area contributed by atoms with E-state index in [-0.39, 0.29) is 18.4 Å². The van der Waals surface area contributed by atoms with Crippen molar-refractivity contribution in [3.63, 3.8) is 0 Å². The molecule has 0 bridgehead atoms. The number of amides is 2. The van der Waals surface area contributed by atoms with Gasteiger partial charge in [-0.1, -0.05) is 54.6 Å². The Morgan fingerprint density at radius 2 is 1.68 bits per heavy atom. The van der Waals surface area contributed by atoms with E-state index in [1.165, 1.54) is 0 Å². The van der Waals surface area contributed by atoms with E-state index in [9.17, 15) is 9.59 Å². The van der Waals surface area contributed by atoms with E-state index in [1.54, 1.807) is 16.0 Å². The van der Waals surface area contributed by atoms with E-state index < -0.39 is 0 Å². The number of carbonyl (C=O) groups excluding carboxylic acids is 2. The molecule has 0 saturated carbocycles. The van der Waals surface area contributed by atoms with Gasteiger partial charge in [-0.15, -0.1) is 0 Å². The van der Waals surface area contributed by atoms with Gasteiger partial charge in [-0.25, -0.2) is 0 Å². The highest BCUT2D eigenvalue weighted by atomic mass is 16.2. The largest absolute Gasteiger partial charge is 0.331 e. The van der Waals surface area contributed by atoms with Crippen molar-refractivity contribution in [2.24, 2.45) is 0 Å². The number of fused-ring (bicyclic) bond motifs is 1. The summed E-state index contributed by atoms with van der Waals surface area (Å²) in [4.78, 5) is 33.4. The number of aromatic nitrogens is 1. The number of nitrogens with zero attached hydrogens (tertiary/aromatic N) is 3. The van der Waals surface area contributed by atoms with Gasteiger partial charge >= 0.3 is 0 Å². The number of hydrogen-bond donors (Lipinski definition) is 0. The van der Waals surface area contributed by atoms with Crippen LogP contribution in [0, 0.1) is 0 Å². The predicted molar refractivity (Wildman–Crippen MR) is 106 cm³/mol. The minimum Gasteiger partial charge on any atom is -0.331 e. The van der Waals surface area contributed by atoms with Crippen LogP contribution in [-0.4, -0.2) is 33.1 Å². The normalized spacial score (nSPS) is 12.7. The maximum atomic E-state index is 13.1. The van der Waals surface area contributed by atoms with Crippen molar-refractivity contribution in [1.82, 2.24) is 14.8 Å². The molecule has 4 rings (SSSR count). The van der Waals surface area contributed by atoms with Crippen molar-refractivity contribution >= 4 is 11.8 Å². The fourth-order valence-corrected chi connectivity index (χ4v) is 3.43. The number of rotatable bonds is 6. The SMILES string of the molecule is O=C(CN1Cc2ccccc2C1=O)N(Cc1ccccc1)Cc1ccccn1. The van der Waals surface area contributed by atoms with Crippen LogP contribution in [0.2, 0.25) is 0 Å². The molecule has 3 aromatic rings. The monoisotopic (exact) mass is 371 g/mol. The first-order valence-electron chi connectivity index (χ1n) is 9.29. The molecule has 2 amide bonds. The summed E-state index contributed by atoms with van der Waals surface area (Å²) in [5, 5.41) is 0. The maximum Gasteiger partial charge on any atom is 0.254 e. The lowest BCUT2D eigenvalue weighted by Crippen LogP contribution is -2.40. The average Bonchev–Trinajstić information content (AvgIpc) is 3.05. The summed E-state index contributed by atoms with van der Waals surface area (Å²) >= 11 is 0. The van der Waals surface area contributed by atoms with Gasteiger partial charge in [0.2, 0.25) is 5.91 Å². The molecular weight excluding hydrogens is 350 g/mol. The van der Waals surface area contributed by atoms with Crippen LogP contribution in [-0.2, 0) is 24.4 Å². The lowest BCUT2D eigenvalue weighted by molar-refractivity contribution is -0.133. The number of pyridine rings is 1. The molecule has 0 unspecified atom stereocenters. The summed E-state index contributed by atoms with van der Waals surface area (Å²) in [5.74, 6) is -0.169. The molecule has 2 heterocycles. The smallest absolute Gasteiger partial charge is 0.254 e. The Bertz CT molecular complexity index is 932. The Morgan fingerprint density at radius 3 is 2.43 bits per heavy atom. The van der Waals surface area contributed by atoms with Gasteiger partial charge in [-0.2, -0.15) is 0 Å². The van der Waals surface area contributed by atoms with E-state index in [0.29, 0.717) is 25.2 Å². The Labute approximate surface area is 164 Å². The van der Waals surface area contributed by atoms with Crippen LogP contribution in [0.3, 0.4) is 0 Å². The quantitative estimate of drug-likeness (QED) is 0.668. The van der Waals surface area contributed by atoms with Crippen LogP contribution in [0.1, 0.15) is 27.2 Å². The highest BCUT2D eigenvalue weighted by molar-refractivity contribution is 6.00. The number of carbonyl (C=O) groups is 2. The van der Waals surface area contributed by atoms with Gasteiger partial charge in [0, 0.05) is 24.8 Å². The second kappa shape index (κ2) is 8.05. The van der Waals surface area contributed by atoms with Crippen LogP contribution in [0.5, 0.6) is 0 Å². The van der Waals surface area contributed by atoms with Crippen molar-refractivity contribution in [3.8, 4) is 0 Å². The van der Waals surface area contributed by atoms with Gasteiger partial charge < -0.3 is 9.80 Å². The zero-order chi connectivity index (χ0) is 19.3. The minimum absolute atomic E-state index is 0.0627. The fourth-order valence-electron chi connectivity index (χ4n) is 3.43. The van der Waals surface area contributed by atoms with Crippen molar-refractivity contribution in [2.75, 3.05) is 6.54 Å². The standard InChI is InChI=1S/C23H21N3O2/c27-22(17-26-15-19-10-4-5-12-21(19)23(26)28)25(14-18-8-2-1-3-9-18)16-20-11-6-7-13-24-20/h1-13H,14-17H2. The van der Waals surface area contributed by atoms with Crippen LogP contribution in [0.15, 0.2) is 79.0 Å². The molecule has 0 spiro atoms. The molecule has 5 nitrogen and oxygen atoms in total. The molecular formula is C23H21N3O2. The number of benzene rings is 2. The second-order valence-corrected chi connectivity index (χ2v) is 6.87. The molecule has 0 N–H and O–H groups in total. The Hall–Kier alpha value is -3.47. The third kappa shape index (κ3) is 3.93. The summed E-state index contributed by atoms with van der Waals surface area (Å²) in [6.07, 6.45) is 1.72. The first-order chi connectivity index (χ1) is 13.7. The molecule has 0 atom stereocenters. The summed E-state index contributed by atoms with van der Waals surface area (Å²) in [5.41, 5.74) is 3.53. The summed E-state index contributed by atoms with van der Waals surface area (Å²) < 4.78 is 0. The maximum absolute atomic E-state index is 13.1. The minimum atomic E-state index is -0.0873. The van der Waals surface area contributed by atoms with E-state index in [1.807, 2.05) is 72.8 Å². The molecule has 1 aromatic heterocycles. The van der Waals surface area contributed by atoms with Gasteiger partial charge in [-0.05, 0) is 29.3 Å². The van der Waals surface area contributed by atoms with Crippen molar-refractivity contribution < 1.29 is 9.59 Å². The molecule has 140 valence electrons. The third-order valence-electron chi connectivity index (χ3n) is 4.87. The van der Waals surface area contributed by atoms with Gasteiger partial charge in [0.1, 0.15) is 6.54 Å². The van der Waals surface area contributed by atoms with Crippen LogP contribution in [0.25, 0.3) is 0 Å². The molecule has 0 radical (unpaired) electrons. The van der Waals surface area contributed by atoms with Gasteiger partial charge in [0.15, 0.2) is 0 Å². The molecule has 1 aliphatic heterocycles. The van der Waals surface area contributed by atoms with Crippen molar-refractivity contribution in [3.05, 3.63) is 101 Å². The predicted octanol–water partition coefficient (Wildman–Crippen LogP) is 3.27. The zero-order valence-corrected chi connectivity index (χ0v) is 15.5. The van der Waals surface area contributed by atoms with Crippen LogP contribution < -0.4 is 0 Å². The molecule has 0 fully saturated rings. The number of hydrogen-bond acceptors (Lipinski definition) is 3. The lowest BCUT2D eigenvalue weighted by atomic mass is 10.1. The molecule has 0 saturated heterocycles. The van der Waals surface area contributed by atoms with E-state index in [0.717, 1.165) is 16.8 Å². The first kappa shape index (κ1) is 17.9. The molecule has 5 heteroatoms. The van der Waals surface area contributed by atoms with Gasteiger partial charge in [0.05, 0.1) is 12.2 Å². The molecule has 28 heavy (non-hydrogen) atoms. The highest BCUT2D eigenvalue weighted by Gasteiger charge is 2.29. The second-order valence-electron chi connectivity index (χ2n) is 6.87. The van der Waals surface area contributed by atoms with E-state index >= 15 is 0 Å². The summed E-state index contributed by atoms with van der Waals surface area (Å²) in [6, 6.07) is 23.1. The molecule has 2 aromatic carbocycles. The zero-order valence-electron chi connectivity index (χ0n) is 15.5. The summed E-state index contributed by atoms with van der Waals surface area (Å²) in [6.45, 7) is 1.42. The topological polar surface area (TPSA) is 53.5 Å². The summed E-state index contributed by atoms with van der Waals surface area (Å²) in [7, 11) is 0. The molecule has 1 aliphatic rings. The van der Waals surface area contributed by atoms with Crippen LogP contribution >= 0.6 is 0 Å². The van der Waals surface area contributed by atoms with Gasteiger partial charge in [0.25, 0.3) is 5.91 Å². The lowest BCUT2D eigenvalue weighted by Gasteiger charge is -2.25. The van der Waals surface area contributed by atoms with Crippen molar-refractivity contribution in [2.45, 2.75) is 19.6 Å². The van der Waals surface area contributed by atoms with E-state index in [2.05, 4.69) is 4.98 Å². The third-order valence-corrected chi connectivity index (χ3v) is 4.87. The first-order valence-corrected chi connectivity index (χ1v) is 9.29. The average molecular weight is 371 g/mol. The van der Waals surface area contributed by atoms with Gasteiger partial charge in [-0.3, -0.25) is 14.6 Å². The van der Waals surface area contributed by atoms with E-state index in [4.69, 9.17) is 0 Å². The fraction of sp³-hybridized carbons (Fsp3) is 0.174. The Kier molecular flexibility index (Phi) is 5.15. The highest BCUT2D eigenvalue weighted by Crippen LogP contribution is 2.22. The Balaban J connectivity index is 1.51.